The number of benzene rings is 4. The van der Waals surface area contributed by atoms with Gasteiger partial charge in [0, 0.05) is 43.6 Å². The summed E-state index contributed by atoms with van der Waals surface area (Å²) in [5.74, 6) is 3.22. The Morgan fingerprint density at radius 2 is 1.15 bits per heavy atom. The first kappa shape index (κ1) is 46.4. The number of sulfone groups is 2. The van der Waals surface area contributed by atoms with E-state index < -0.39 is 32.5 Å². The van der Waals surface area contributed by atoms with E-state index in [0.717, 1.165) is 24.4 Å². The molecule has 320 valence electrons. The van der Waals surface area contributed by atoms with Crippen molar-refractivity contribution in [2.75, 3.05) is 66.1 Å². The number of halogens is 3. The number of carbonyl (C=O) groups excluding carboxylic acids is 2. The molecule has 7 rings (SSSR count). The van der Waals surface area contributed by atoms with Crippen LogP contribution in [0.4, 0.5) is 13.2 Å². The van der Waals surface area contributed by atoms with Crippen molar-refractivity contribution in [3.05, 3.63) is 108 Å². The van der Waals surface area contributed by atoms with Gasteiger partial charge < -0.3 is 28.7 Å². The van der Waals surface area contributed by atoms with E-state index in [0.29, 0.717) is 58.9 Å². The molecule has 0 bridgehead atoms. The average molecular weight is 863 g/mol. The quantitative estimate of drug-likeness (QED) is 0.189. The number of fused-ring (bicyclic) bond motifs is 1. The standard InChI is InChI=1S/C13H14F3NO2.C12H15NO2.C9H10O3S.C8H10O3S/c1-9-6-17(7-9)12(18)10-3-2-4-11(5-10)19-8-13(14,15)16;1-9-7-13(8-9)12(14)10-4-3-5-11(6-10)15-2;1-12-8-3-2-7-4-5-13(10,11)9(7)6-8;1-11-7-4-3-5-8(6-7)12(2,9)10/h2-5,9H,6-8H2,1H3;3-6,9H,7-8H2,1-2H3;2-3,6H,4-5H2,1H3;3-6H,1-2H3. The van der Waals surface area contributed by atoms with E-state index >= 15 is 0 Å². The highest BCUT2D eigenvalue weighted by Crippen LogP contribution is 2.29. The number of hydrogen-bond acceptors (Lipinski definition) is 10. The molecule has 59 heavy (non-hydrogen) atoms. The Morgan fingerprint density at radius 3 is 1.63 bits per heavy atom. The molecule has 3 aliphatic rings. The van der Waals surface area contributed by atoms with Crippen LogP contribution in [0.25, 0.3) is 0 Å². The molecule has 12 nitrogen and oxygen atoms in total. The van der Waals surface area contributed by atoms with Crippen LogP contribution in [-0.2, 0) is 26.1 Å². The lowest BCUT2D eigenvalue weighted by Crippen LogP contribution is -2.48. The molecular formula is C42H49F3N2O10S2. The molecule has 3 aliphatic heterocycles. The minimum absolute atomic E-state index is 0.0525. The van der Waals surface area contributed by atoms with Gasteiger partial charge in [0.05, 0.1) is 36.9 Å². The predicted molar refractivity (Wildman–Crippen MR) is 216 cm³/mol. The first-order chi connectivity index (χ1) is 27.7. The van der Waals surface area contributed by atoms with Gasteiger partial charge in [0.15, 0.2) is 26.3 Å². The Morgan fingerprint density at radius 1 is 0.695 bits per heavy atom. The Labute approximate surface area is 343 Å². The summed E-state index contributed by atoms with van der Waals surface area (Å²) < 4.78 is 101. The van der Waals surface area contributed by atoms with Crippen LogP contribution in [0, 0.1) is 11.8 Å². The Hall–Kier alpha value is -5.29. The predicted octanol–water partition coefficient (Wildman–Crippen LogP) is 6.63. The zero-order chi connectivity index (χ0) is 43.5. The first-order valence-electron chi connectivity index (χ1n) is 18.5. The molecule has 3 heterocycles. The number of carbonyl (C=O) groups is 2. The van der Waals surface area contributed by atoms with Gasteiger partial charge in [-0.05, 0) is 90.6 Å². The number of alkyl halides is 3. The molecule has 0 aromatic heterocycles. The second kappa shape index (κ2) is 20.1. The maximum absolute atomic E-state index is 12.0. The second-order valence-electron chi connectivity index (χ2n) is 14.3. The molecule has 0 saturated carbocycles. The van der Waals surface area contributed by atoms with E-state index in [1.807, 2.05) is 36.1 Å². The maximum atomic E-state index is 12.0. The summed E-state index contributed by atoms with van der Waals surface area (Å²) in [5, 5.41) is 0. The van der Waals surface area contributed by atoms with Gasteiger partial charge in [0.25, 0.3) is 11.8 Å². The summed E-state index contributed by atoms with van der Waals surface area (Å²) >= 11 is 0. The summed E-state index contributed by atoms with van der Waals surface area (Å²) in [4.78, 5) is 28.1. The molecular weight excluding hydrogens is 814 g/mol. The normalized spacial score (nSPS) is 15.5. The van der Waals surface area contributed by atoms with E-state index in [1.165, 1.54) is 50.8 Å². The Bertz CT molecular complexity index is 2290. The van der Waals surface area contributed by atoms with Gasteiger partial charge in [0.1, 0.15) is 23.0 Å². The highest BCUT2D eigenvalue weighted by Gasteiger charge is 2.31. The number of amides is 2. The van der Waals surface area contributed by atoms with Crippen LogP contribution in [0.2, 0.25) is 0 Å². The van der Waals surface area contributed by atoms with Crippen LogP contribution in [0.15, 0.2) is 101 Å². The minimum Gasteiger partial charge on any atom is -0.497 e. The van der Waals surface area contributed by atoms with Crippen molar-refractivity contribution >= 4 is 31.5 Å². The van der Waals surface area contributed by atoms with Crippen LogP contribution in [0.1, 0.15) is 40.1 Å². The summed E-state index contributed by atoms with van der Waals surface area (Å²) in [6, 6.07) is 24.7. The van der Waals surface area contributed by atoms with Crippen molar-refractivity contribution in [2.45, 2.75) is 36.2 Å². The molecule has 2 saturated heterocycles. The fraction of sp³-hybridized carbons (Fsp3) is 0.381. The Kier molecular flexibility index (Phi) is 15.8. The lowest BCUT2D eigenvalue weighted by molar-refractivity contribution is -0.153. The molecule has 0 N–H and O–H groups in total. The van der Waals surface area contributed by atoms with Gasteiger partial charge >= 0.3 is 6.18 Å². The third-order valence-corrected chi connectivity index (χ3v) is 12.1. The Balaban J connectivity index is 0.000000176. The van der Waals surface area contributed by atoms with Crippen LogP contribution in [0.5, 0.6) is 23.0 Å². The average Bonchev–Trinajstić information content (AvgIpc) is 3.50. The first-order valence-corrected chi connectivity index (χ1v) is 22.0. The van der Waals surface area contributed by atoms with Crippen LogP contribution in [-0.4, -0.2) is 111 Å². The molecule has 17 heteroatoms. The smallest absolute Gasteiger partial charge is 0.422 e. The van der Waals surface area contributed by atoms with E-state index in [-0.39, 0.29) is 28.2 Å². The second-order valence-corrected chi connectivity index (χ2v) is 18.4. The molecule has 4 aromatic rings. The van der Waals surface area contributed by atoms with Crippen molar-refractivity contribution in [2.24, 2.45) is 11.8 Å². The van der Waals surface area contributed by atoms with E-state index in [2.05, 4.69) is 11.7 Å². The SMILES string of the molecule is CC1CN(C(=O)c2cccc(OCC(F)(F)F)c2)C1.COc1ccc2c(c1)S(=O)(=O)CC2.COc1cccc(C(=O)N2CC(C)C2)c1.COc1cccc(S(C)(=O)=O)c1. The highest BCUT2D eigenvalue weighted by molar-refractivity contribution is 7.91. The van der Waals surface area contributed by atoms with Gasteiger partial charge in [0.2, 0.25) is 0 Å². The minimum atomic E-state index is -4.38. The van der Waals surface area contributed by atoms with Gasteiger partial charge in [-0.3, -0.25) is 9.59 Å². The number of rotatable bonds is 8. The fourth-order valence-electron chi connectivity index (χ4n) is 6.08. The zero-order valence-corrected chi connectivity index (χ0v) is 35.3. The third kappa shape index (κ3) is 13.6. The van der Waals surface area contributed by atoms with Crippen molar-refractivity contribution in [3.63, 3.8) is 0 Å². The monoisotopic (exact) mass is 862 g/mol. The number of methoxy groups -OCH3 is 3. The lowest BCUT2D eigenvalue weighted by atomic mass is 10.0. The number of hydrogen-bond donors (Lipinski definition) is 0. The van der Waals surface area contributed by atoms with E-state index in [9.17, 15) is 39.6 Å². The molecule has 2 fully saturated rings. The van der Waals surface area contributed by atoms with Gasteiger partial charge in [-0.1, -0.05) is 38.1 Å². The van der Waals surface area contributed by atoms with E-state index in [1.54, 1.807) is 48.4 Å². The molecule has 0 radical (unpaired) electrons. The summed E-state index contributed by atoms with van der Waals surface area (Å²) in [7, 11) is -1.49. The molecule has 0 atom stereocenters. The van der Waals surface area contributed by atoms with Gasteiger partial charge in [-0.25, -0.2) is 16.8 Å². The molecule has 2 amide bonds. The third-order valence-electron chi connectivity index (χ3n) is 9.22. The lowest BCUT2D eigenvalue weighted by Gasteiger charge is -2.37. The van der Waals surface area contributed by atoms with E-state index in [4.69, 9.17) is 14.2 Å². The summed E-state index contributed by atoms with van der Waals surface area (Å²) in [6.45, 7) is 5.94. The largest absolute Gasteiger partial charge is 0.497 e. The van der Waals surface area contributed by atoms with Crippen LogP contribution in [0.3, 0.4) is 0 Å². The van der Waals surface area contributed by atoms with Crippen molar-refractivity contribution < 1.29 is 58.5 Å². The summed E-state index contributed by atoms with van der Waals surface area (Å²) in [5.41, 5.74) is 1.97. The highest BCUT2D eigenvalue weighted by atomic mass is 32.2. The van der Waals surface area contributed by atoms with Crippen LogP contribution < -0.4 is 18.9 Å². The van der Waals surface area contributed by atoms with Crippen molar-refractivity contribution in [1.29, 1.82) is 0 Å². The summed E-state index contributed by atoms with van der Waals surface area (Å²) in [6.07, 6.45) is -2.59. The number of likely N-dealkylation sites (tertiary alicyclic amines) is 2. The number of nitrogens with zero attached hydrogens (tertiary/aromatic N) is 2. The fourth-order valence-corrected chi connectivity index (χ4v) is 8.31. The van der Waals surface area contributed by atoms with Crippen molar-refractivity contribution in [1.82, 2.24) is 9.80 Å². The molecule has 4 aromatic carbocycles. The number of ether oxygens (including phenoxy) is 4. The van der Waals surface area contributed by atoms with Gasteiger partial charge in [-0.2, -0.15) is 13.2 Å². The van der Waals surface area contributed by atoms with Crippen molar-refractivity contribution in [3.8, 4) is 23.0 Å². The van der Waals surface area contributed by atoms with Gasteiger partial charge in [-0.15, -0.1) is 0 Å². The number of aryl methyl sites for hydroxylation is 1. The topological polar surface area (TPSA) is 146 Å². The molecule has 0 spiro atoms. The maximum Gasteiger partial charge on any atom is 0.422 e. The molecule has 0 aliphatic carbocycles. The zero-order valence-electron chi connectivity index (χ0n) is 33.7. The van der Waals surface area contributed by atoms with Crippen LogP contribution >= 0.6 is 0 Å². The molecule has 0 unspecified atom stereocenters.